The van der Waals surface area contributed by atoms with Crippen molar-refractivity contribution in [2.75, 3.05) is 0 Å². The average molecular weight is 271 g/mol. The van der Waals surface area contributed by atoms with Crippen LogP contribution >= 0.6 is 11.3 Å². The molecule has 1 aliphatic carbocycles. The lowest BCUT2D eigenvalue weighted by atomic mass is 10.4. The molecule has 0 aromatic carbocycles. The van der Waals surface area contributed by atoms with Gasteiger partial charge in [0.1, 0.15) is 16.2 Å². The molecule has 1 saturated carbocycles. The van der Waals surface area contributed by atoms with Crippen molar-refractivity contribution in [3.8, 4) is 11.5 Å². The summed E-state index contributed by atoms with van der Waals surface area (Å²) in [5.41, 5.74) is 8.65. The number of thiazole rings is 1. The van der Waals surface area contributed by atoms with Crippen LogP contribution in [0.2, 0.25) is 0 Å². The van der Waals surface area contributed by atoms with Crippen LogP contribution in [0.4, 0.5) is 0 Å². The molecule has 0 aliphatic heterocycles. The highest BCUT2D eigenvalue weighted by Crippen LogP contribution is 2.41. The Bertz CT molecular complexity index is 740. The van der Waals surface area contributed by atoms with Crippen LogP contribution in [0.1, 0.15) is 23.9 Å². The molecule has 1 aliphatic rings. The quantitative estimate of drug-likeness (QED) is 0.794. The van der Waals surface area contributed by atoms with E-state index in [1.807, 2.05) is 23.8 Å². The minimum Gasteiger partial charge on any atom is -0.325 e. The molecule has 1 fully saturated rings. The number of hydrogen-bond acceptors (Lipinski definition) is 5. The summed E-state index contributed by atoms with van der Waals surface area (Å²) in [5.74, 6) is 0.946. The van der Waals surface area contributed by atoms with Gasteiger partial charge in [-0.05, 0) is 18.9 Å². The third-order valence-electron chi connectivity index (χ3n) is 3.36. The van der Waals surface area contributed by atoms with Gasteiger partial charge in [0.15, 0.2) is 5.82 Å². The van der Waals surface area contributed by atoms with Gasteiger partial charge in [-0.15, -0.1) is 11.3 Å². The van der Waals surface area contributed by atoms with Crippen molar-refractivity contribution in [3.63, 3.8) is 0 Å². The Hall–Kier alpha value is -1.79. The van der Waals surface area contributed by atoms with Crippen molar-refractivity contribution in [2.24, 2.45) is 5.73 Å². The Morgan fingerprint density at radius 2 is 2.26 bits per heavy atom. The van der Waals surface area contributed by atoms with E-state index in [9.17, 15) is 0 Å². The summed E-state index contributed by atoms with van der Waals surface area (Å²) >= 11 is 1.59. The van der Waals surface area contributed by atoms with E-state index in [1.165, 1.54) is 12.8 Å². The number of aromatic nitrogens is 4. The van der Waals surface area contributed by atoms with Crippen molar-refractivity contribution in [1.82, 2.24) is 19.5 Å². The Morgan fingerprint density at radius 3 is 3.00 bits per heavy atom. The van der Waals surface area contributed by atoms with E-state index in [-0.39, 0.29) is 0 Å². The summed E-state index contributed by atoms with van der Waals surface area (Å²) in [6.07, 6.45) is 6.07. The maximum atomic E-state index is 5.64. The van der Waals surface area contributed by atoms with E-state index in [4.69, 9.17) is 10.7 Å². The highest BCUT2D eigenvalue weighted by Gasteiger charge is 2.29. The van der Waals surface area contributed by atoms with Gasteiger partial charge >= 0.3 is 0 Å². The SMILES string of the molecule is NCc1nc(-c2nc3cnccc3n2C2CC2)cs1. The van der Waals surface area contributed by atoms with Crippen LogP contribution in [0.3, 0.4) is 0 Å². The molecule has 0 atom stereocenters. The second kappa shape index (κ2) is 4.11. The third kappa shape index (κ3) is 1.75. The summed E-state index contributed by atoms with van der Waals surface area (Å²) in [5, 5.41) is 2.98. The van der Waals surface area contributed by atoms with Crippen LogP contribution in [-0.2, 0) is 6.54 Å². The van der Waals surface area contributed by atoms with E-state index in [0.717, 1.165) is 27.6 Å². The first kappa shape index (κ1) is 11.1. The minimum absolute atomic E-state index is 0.482. The minimum atomic E-state index is 0.482. The van der Waals surface area contributed by atoms with Crippen LogP contribution in [0.25, 0.3) is 22.6 Å². The summed E-state index contributed by atoms with van der Waals surface area (Å²) in [7, 11) is 0. The van der Waals surface area contributed by atoms with Crippen LogP contribution in [0.5, 0.6) is 0 Å². The van der Waals surface area contributed by atoms with Crippen molar-refractivity contribution in [3.05, 3.63) is 28.8 Å². The van der Waals surface area contributed by atoms with Gasteiger partial charge in [0.2, 0.25) is 0 Å². The predicted octanol–water partition coefficient (Wildman–Crippen LogP) is 2.35. The lowest BCUT2D eigenvalue weighted by molar-refractivity contribution is 0.772. The Morgan fingerprint density at radius 1 is 1.37 bits per heavy atom. The smallest absolute Gasteiger partial charge is 0.161 e. The predicted molar refractivity (Wildman–Crippen MR) is 74.8 cm³/mol. The largest absolute Gasteiger partial charge is 0.325 e. The number of rotatable bonds is 3. The summed E-state index contributed by atoms with van der Waals surface area (Å²) in [6, 6.07) is 2.59. The zero-order chi connectivity index (χ0) is 12.8. The normalized spacial score (nSPS) is 15.2. The van der Waals surface area contributed by atoms with Crippen LogP contribution in [0, 0.1) is 0 Å². The number of fused-ring (bicyclic) bond motifs is 1. The van der Waals surface area contributed by atoms with Gasteiger partial charge in [0.25, 0.3) is 0 Å². The Labute approximate surface area is 114 Å². The maximum Gasteiger partial charge on any atom is 0.161 e. The number of nitrogens with zero attached hydrogens (tertiary/aromatic N) is 4. The molecular weight excluding hydrogens is 258 g/mol. The van der Waals surface area contributed by atoms with E-state index < -0.39 is 0 Å². The monoisotopic (exact) mass is 271 g/mol. The van der Waals surface area contributed by atoms with Gasteiger partial charge in [-0.3, -0.25) is 4.98 Å². The van der Waals surface area contributed by atoms with Gasteiger partial charge in [-0.1, -0.05) is 0 Å². The zero-order valence-corrected chi connectivity index (χ0v) is 11.1. The molecule has 0 spiro atoms. The van der Waals surface area contributed by atoms with Crippen LogP contribution in [0.15, 0.2) is 23.8 Å². The molecule has 3 heterocycles. The van der Waals surface area contributed by atoms with E-state index in [2.05, 4.69) is 14.5 Å². The van der Waals surface area contributed by atoms with Gasteiger partial charge in [0, 0.05) is 24.2 Å². The van der Waals surface area contributed by atoms with E-state index in [0.29, 0.717) is 12.6 Å². The first-order valence-corrected chi connectivity index (χ1v) is 7.21. The molecule has 6 heteroatoms. The second-order valence-electron chi connectivity index (χ2n) is 4.73. The maximum absolute atomic E-state index is 5.64. The number of pyridine rings is 1. The van der Waals surface area contributed by atoms with Crippen LogP contribution in [-0.4, -0.2) is 19.5 Å². The first-order valence-electron chi connectivity index (χ1n) is 6.33. The molecule has 2 N–H and O–H groups in total. The van der Waals surface area contributed by atoms with Gasteiger partial charge in [-0.25, -0.2) is 9.97 Å². The molecule has 0 saturated heterocycles. The Kier molecular flexibility index (Phi) is 2.39. The standard InChI is InChI=1S/C13H13N5S/c14-5-12-16-10(7-19-12)13-17-9-6-15-4-3-11(9)18(13)8-1-2-8/h3-4,6-8H,1-2,5,14H2. The van der Waals surface area contributed by atoms with Crippen molar-refractivity contribution >= 4 is 22.4 Å². The lowest BCUT2D eigenvalue weighted by Crippen LogP contribution is -1.99. The highest BCUT2D eigenvalue weighted by molar-refractivity contribution is 7.09. The number of hydrogen-bond donors (Lipinski definition) is 1. The highest BCUT2D eigenvalue weighted by atomic mass is 32.1. The van der Waals surface area contributed by atoms with Gasteiger partial charge < -0.3 is 10.3 Å². The molecule has 19 heavy (non-hydrogen) atoms. The molecular formula is C13H13N5S. The van der Waals surface area contributed by atoms with E-state index >= 15 is 0 Å². The lowest BCUT2D eigenvalue weighted by Gasteiger charge is -2.04. The first-order chi connectivity index (χ1) is 9.36. The topological polar surface area (TPSA) is 69.6 Å². The molecule has 3 aromatic heterocycles. The summed E-state index contributed by atoms with van der Waals surface area (Å²) in [4.78, 5) is 13.4. The van der Waals surface area contributed by atoms with Crippen molar-refractivity contribution in [1.29, 1.82) is 0 Å². The zero-order valence-electron chi connectivity index (χ0n) is 10.3. The Balaban J connectivity index is 1.95. The number of imidazole rings is 1. The fourth-order valence-corrected chi connectivity index (χ4v) is 2.99. The fraction of sp³-hybridized carbons (Fsp3) is 0.308. The molecule has 3 aromatic rings. The average Bonchev–Trinajstić information content (AvgIpc) is 3.05. The van der Waals surface area contributed by atoms with Crippen molar-refractivity contribution in [2.45, 2.75) is 25.4 Å². The van der Waals surface area contributed by atoms with Gasteiger partial charge in [0.05, 0.1) is 11.7 Å². The molecule has 96 valence electrons. The van der Waals surface area contributed by atoms with Gasteiger partial charge in [-0.2, -0.15) is 0 Å². The molecule has 0 bridgehead atoms. The summed E-state index contributed by atoms with van der Waals surface area (Å²) < 4.78 is 2.30. The third-order valence-corrected chi connectivity index (χ3v) is 4.23. The summed E-state index contributed by atoms with van der Waals surface area (Å²) in [6.45, 7) is 0.482. The van der Waals surface area contributed by atoms with Crippen LogP contribution < -0.4 is 5.73 Å². The molecule has 0 amide bonds. The molecule has 0 unspecified atom stereocenters. The fourth-order valence-electron chi connectivity index (χ4n) is 2.34. The molecule has 5 nitrogen and oxygen atoms in total. The molecule has 4 rings (SSSR count). The molecule has 0 radical (unpaired) electrons. The second-order valence-corrected chi connectivity index (χ2v) is 5.67. The van der Waals surface area contributed by atoms with Crippen molar-refractivity contribution < 1.29 is 0 Å². The van der Waals surface area contributed by atoms with E-state index in [1.54, 1.807) is 11.3 Å². The number of nitrogens with two attached hydrogens (primary N) is 1.